The van der Waals surface area contributed by atoms with E-state index in [1.807, 2.05) is 19.9 Å². The summed E-state index contributed by atoms with van der Waals surface area (Å²) >= 11 is 0. The average Bonchev–Trinajstić information content (AvgIpc) is 4.10. The number of amides is 4. The van der Waals surface area contributed by atoms with Gasteiger partial charge in [0.2, 0.25) is 5.91 Å². The number of fused-ring (bicyclic) bond motifs is 1. The Labute approximate surface area is 360 Å². The Hall–Kier alpha value is -7.21. The van der Waals surface area contributed by atoms with Gasteiger partial charge < -0.3 is 40.2 Å². The van der Waals surface area contributed by atoms with Crippen LogP contribution in [0.2, 0.25) is 0 Å². The number of carbonyl (C=O) groups is 4. The molecule has 4 amide bonds. The molecule has 4 atom stereocenters. The number of H-pyrrole nitrogens is 1. The summed E-state index contributed by atoms with van der Waals surface area (Å²) in [7, 11) is 2.53. The molecule has 15 heteroatoms. The van der Waals surface area contributed by atoms with Crippen molar-refractivity contribution in [2.45, 2.75) is 63.8 Å². The molecule has 5 aromatic rings. The molecule has 4 heterocycles. The number of amidine groups is 1. The zero-order valence-electron chi connectivity index (χ0n) is 35.3. The lowest BCUT2D eigenvalue weighted by atomic mass is 9.97. The van der Waals surface area contributed by atoms with Crippen molar-refractivity contribution >= 4 is 40.6 Å². The Morgan fingerprint density at radius 2 is 1.65 bits per heavy atom. The number of aromatic amines is 1. The monoisotopic (exact) mass is 837 g/mol. The van der Waals surface area contributed by atoms with Crippen LogP contribution in [0.25, 0.3) is 33.2 Å². The van der Waals surface area contributed by atoms with Gasteiger partial charge in [0, 0.05) is 43.0 Å². The molecule has 62 heavy (non-hydrogen) atoms. The van der Waals surface area contributed by atoms with Gasteiger partial charge in [0.1, 0.15) is 23.7 Å². The summed E-state index contributed by atoms with van der Waals surface area (Å²) in [5, 5.41) is 11.1. The summed E-state index contributed by atoms with van der Waals surface area (Å²) in [6, 6.07) is 22.6. The molecule has 0 radical (unpaired) electrons. The number of nitrogens with zero attached hydrogens (tertiary/aromatic N) is 5. The number of aliphatic imine (C=N–C) groups is 1. The molecule has 3 aromatic carbocycles. The van der Waals surface area contributed by atoms with Gasteiger partial charge in [0.05, 0.1) is 51.3 Å². The van der Waals surface area contributed by atoms with Gasteiger partial charge in [0.15, 0.2) is 0 Å². The highest BCUT2D eigenvalue weighted by atomic mass is 16.5. The van der Waals surface area contributed by atoms with E-state index in [2.05, 4.69) is 91.4 Å². The summed E-state index contributed by atoms with van der Waals surface area (Å²) < 4.78 is 9.56. The number of benzene rings is 3. The first kappa shape index (κ1) is 42.9. The van der Waals surface area contributed by atoms with Crippen LogP contribution in [0.5, 0.6) is 0 Å². The van der Waals surface area contributed by atoms with Crippen LogP contribution in [0.1, 0.15) is 62.1 Å². The molecule has 2 aliphatic heterocycles. The van der Waals surface area contributed by atoms with Crippen molar-refractivity contribution in [1.82, 2.24) is 40.7 Å². The minimum absolute atomic E-state index is 0.0380. The number of hydrogen-bond donors (Lipinski definition) is 4. The molecule has 2 aliphatic rings. The largest absolute Gasteiger partial charge is 0.453 e. The number of methoxy groups -OCH3 is 2. The van der Waals surface area contributed by atoms with E-state index < -0.39 is 24.3 Å². The Bertz CT molecular complexity index is 2480. The summed E-state index contributed by atoms with van der Waals surface area (Å²) in [5.41, 5.74) is 5.59. The topological polar surface area (TPSA) is 183 Å². The molecule has 15 nitrogen and oxygen atoms in total. The van der Waals surface area contributed by atoms with E-state index >= 15 is 0 Å². The quantitative estimate of drug-likeness (QED) is 0.0953. The lowest BCUT2D eigenvalue weighted by Crippen LogP contribution is -2.51. The van der Waals surface area contributed by atoms with Gasteiger partial charge in [-0.2, -0.15) is 0 Å². The Balaban J connectivity index is 0.991. The number of nitrogens with one attached hydrogen (secondary N) is 4. The molecule has 7 rings (SSSR count). The van der Waals surface area contributed by atoms with Crippen LogP contribution < -0.4 is 16.0 Å². The number of aromatic nitrogens is 3. The number of likely N-dealkylation sites (tertiary alicyclic amines) is 1. The minimum Gasteiger partial charge on any atom is -0.453 e. The van der Waals surface area contributed by atoms with E-state index in [1.54, 1.807) is 40.5 Å². The molecule has 320 valence electrons. The van der Waals surface area contributed by atoms with E-state index in [0.717, 1.165) is 57.4 Å². The fourth-order valence-corrected chi connectivity index (χ4v) is 7.98. The molecule has 0 spiro atoms. The second-order valence-corrected chi connectivity index (χ2v) is 15.7. The minimum atomic E-state index is -0.931. The molecular formula is C47H51N9O6. The molecule has 0 aliphatic carbocycles. The highest BCUT2D eigenvalue weighted by Crippen LogP contribution is 2.31. The summed E-state index contributed by atoms with van der Waals surface area (Å²) in [4.78, 5) is 72.0. The van der Waals surface area contributed by atoms with Crippen molar-refractivity contribution in [1.29, 1.82) is 0 Å². The van der Waals surface area contributed by atoms with Crippen LogP contribution in [-0.2, 0) is 25.6 Å². The number of alkyl carbamates (subject to hydrolysis) is 2. The number of terminal acetylenes is 1. The molecule has 1 fully saturated rings. The van der Waals surface area contributed by atoms with Crippen LogP contribution >= 0.6 is 0 Å². The Morgan fingerprint density at radius 1 is 0.935 bits per heavy atom. The third kappa shape index (κ3) is 9.70. The zero-order valence-corrected chi connectivity index (χ0v) is 35.3. The molecule has 0 saturated carbocycles. The lowest BCUT2D eigenvalue weighted by Gasteiger charge is -2.29. The predicted molar refractivity (Wildman–Crippen MR) is 235 cm³/mol. The second kappa shape index (κ2) is 19.4. The Kier molecular flexibility index (Phi) is 13.5. The number of rotatable bonds is 14. The van der Waals surface area contributed by atoms with Gasteiger partial charge in [-0.3, -0.25) is 19.6 Å². The highest BCUT2D eigenvalue weighted by Gasteiger charge is 2.39. The first-order chi connectivity index (χ1) is 30.1. The Morgan fingerprint density at radius 3 is 2.34 bits per heavy atom. The number of imidazole rings is 1. The van der Waals surface area contributed by atoms with Crippen LogP contribution in [0.15, 0.2) is 96.4 Å². The summed E-state index contributed by atoms with van der Waals surface area (Å²) in [6.07, 6.45) is 11.1. The second-order valence-electron chi connectivity index (χ2n) is 15.7. The molecular weight excluding hydrogens is 787 g/mol. The fourth-order valence-electron chi connectivity index (χ4n) is 7.98. The van der Waals surface area contributed by atoms with Gasteiger partial charge in [-0.05, 0) is 64.4 Å². The molecule has 0 bridgehead atoms. The number of carbonyl (C=O) groups excluding carboxylic acids is 4. The first-order valence-corrected chi connectivity index (χ1v) is 20.7. The molecule has 2 aromatic heterocycles. The van der Waals surface area contributed by atoms with Crippen molar-refractivity contribution < 1.29 is 28.7 Å². The van der Waals surface area contributed by atoms with Gasteiger partial charge in [-0.25, -0.2) is 14.6 Å². The number of ether oxygens (including phenoxy) is 2. The standard InChI is InChI=1S/C47H51N9O6/c1-6-7-21-55(44(57)41(29(2)3)53-46(59)61-4)28-40-49-26-38(51-40)35-19-18-33-23-32(16-17-34(33)24-35)30-12-14-31(15-13-30)37-27-50-43(52-37)39-11-9-22-56(39)45(58)42(54-47(60)62-5)36-10-8-20-48-25-36/h1,8,10,12-20,23-26,29,37,39,41-42H,7,9,11,21-22,27-28H2,2-5H3,(H,49,51)(H,50,52)(H,53,59)(H,54,60)/t37?,39-,41-,42-/m0/s1. The van der Waals surface area contributed by atoms with Gasteiger partial charge in [-0.1, -0.05) is 68.4 Å². The van der Waals surface area contributed by atoms with E-state index in [-0.39, 0.29) is 36.4 Å². The van der Waals surface area contributed by atoms with Gasteiger partial charge in [-0.15, -0.1) is 12.3 Å². The van der Waals surface area contributed by atoms with E-state index in [0.29, 0.717) is 37.4 Å². The third-order valence-corrected chi connectivity index (χ3v) is 11.3. The maximum atomic E-state index is 13.9. The van der Waals surface area contributed by atoms with Crippen LogP contribution in [0.3, 0.4) is 0 Å². The average molecular weight is 838 g/mol. The normalized spacial score (nSPS) is 16.8. The predicted octanol–water partition coefficient (Wildman–Crippen LogP) is 6.16. The van der Waals surface area contributed by atoms with E-state index in [4.69, 9.17) is 20.9 Å². The maximum Gasteiger partial charge on any atom is 0.407 e. The molecule has 1 saturated heterocycles. The van der Waals surface area contributed by atoms with Gasteiger partial charge >= 0.3 is 12.2 Å². The maximum absolute atomic E-state index is 13.9. The van der Waals surface area contributed by atoms with E-state index in [9.17, 15) is 19.2 Å². The zero-order chi connectivity index (χ0) is 43.8. The number of hydrogen-bond acceptors (Lipinski definition) is 10. The van der Waals surface area contributed by atoms with Crippen LogP contribution in [0, 0.1) is 18.3 Å². The highest BCUT2D eigenvalue weighted by molar-refractivity contribution is 5.96. The van der Waals surface area contributed by atoms with E-state index in [1.165, 1.54) is 14.2 Å². The van der Waals surface area contributed by atoms with Crippen molar-refractivity contribution in [2.75, 3.05) is 33.9 Å². The summed E-state index contributed by atoms with van der Waals surface area (Å²) in [6.45, 7) is 5.31. The van der Waals surface area contributed by atoms with Crippen molar-refractivity contribution in [3.05, 3.63) is 108 Å². The van der Waals surface area contributed by atoms with Crippen molar-refractivity contribution in [3.63, 3.8) is 0 Å². The number of pyridine rings is 1. The molecule has 1 unspecified atom stereocenters. The molecule has 4 N–H and O–H groups in total. The lowest BCUT2D eigenvalue weighted by molar-refractivity contribution is -0.135. The van der Waals surface area contributed by atoms with Crippen molar-refractivity contribution in [2.24, 2.45) is 10.9 Å². The van der Waals surface area contributed by atoms with Crippen molar-refractivity contribution in [3.8, 4) is 34.7 Å². The first-order valence-electron chi connectivity index (χ1n) is 20.7. The smallest absolute Gasteiger partial charge is 0.407 e. The van der Waals surface area contributed by atoms with Crippen LogP contribution in [-0.4, -0.2) is 101 Å². The van der Waals surface area contributed by atoms with Gasteiger partial charge in [0.25, 0.3) is 5.91 Å². The summed E-state index contributed by atoms with van der Waals surface area (Å²) in [5.74, 6) is 3.29. The fraction of sp³-hybridized carbons (Fsp3) is 0.340. The SMILES string of the molecule is C#CCCN(Cc1ncc(-c2ccc3cc(-c4ccc(C5CN=C([C@@H]6CCCN6C(=O)[C@@H](NC(=O)OC)c6cccnc6)N5)cc4)ccc3c2)[nH]1)C(=O)[C@@H](NC(=O)OC)C(C)C. The third-order valence-electron chi connectivity index (χ3n) is 11.3. The van der Waals surface area contributed by atoms with Crippen LogP contribution in [0.4, 0.5) is 9.59 Å².